The van der Waals surface area contributed by atoms with Gasteiger partial charge in [-0.25, -0.2) is 4.39 Å². The molecule has 2 atom stereocenters. The maximum Gasteiger partial charge on any atom is 0.123 e. The fraction of sp³-hybridized carbons (Fsp3) is 0.571. The van der Waals surface area contributed by atoms with Crippen LogP contribution < -0.4 is 0 Å². The first-order valence-corrected chi connectivity index (χ1v) is 6.16. The SMILES string of the molecule is CCOC1CCCC(c2cccc(F)c2)C1. The highest BCUT2D eigenvalue weighted by Gasteiger charge is 2.23. The van der Waals surface area contributed by atoms with Gasteiger partial charge < -0.3 is 4.74 Å². The van der Waals surface area contributed by atoms with Crippen molar-refractivity contribution in [3.8, 4) is 0 Å². The van der Waals surface area contributed by atoms with Crippen molar-refractivity contribution in [3.63, 3.8) is 0 Å². The third-order valence-corrected chi connectivity index (χ3v) is 3.35. The van der Waals surface area contributed by atoms with E-state index < -0.39 is 0 Å². The molecule has 1 fully saturated rings. The molecule has 2 unspecified atom stereocenters. The number of halogens is 1. The molecule has 2 heteroatoms. The summed E-state index contributed by atoms with van der Waals surface area (Å²) in [4.78, 5) is 0. The second kappa shape index (κ2) is 5.44. The summed E-state index contributed by atoms with van der Waals surface area (Å²) in [6.07, 6.45) is 4.91. The Bertz CT molecular complexity index is 335. The van der Waals surface area contributed by atoms with Crippen LogP contribution in [0.2, 0.25) is 0 Å². The predicted octanol–water partition coefficient (Wildman–Crippen LogP) is 3.89. The van der Waals surface area contributed by atoms with E-state index in [9.17, 15) is 4.39 Å². The van der Waals surface area contributed by atoms with Gasteiger partial charge in [-0.15, -0.1) is 0 Å². The van der Waals surface area contributed by atoms with Crippen LogP contribution in [0.4, 0.5) is 4.39 Å². The standard InChI is InChI=1S/C14H19FO/c1-2-16-14-8-4-6-12(10-14)11-5-3-7-13(15)9-11/h3,5,7,9,12,14H,2,4,6,8,10H2,1H3. The molecule has 1 aromatic carbocycles. The minimum absolute atomic E-state index is 0.129. The Balaban J connectivity index is 2.03. The molecule has 0 spiro atoms. The Morgan fingerprint density at radius 2 is 2.25 bits per heavy atom. The molecule has 0 N–H and O–H groups in total. The van der Waals surface area contributed by atoms with Crippen LogP contribution in [0.3, 0.4) is 0 Å². The number of hydrogen-bond donors (Lipinski definition) is 0. The maximum atomic E-state index is 13.1. The van der Waals surface area contributed by atoms with Crippen LogP contribution in [0.25, 0.3) is 0 Å². The largest absolute Gasteiger partial charge is 0.378 e. The van der Waals surface area contributed by atoms with E-state index in [0.717, 1.165) is 31.4 Å². The summed E-state index contributed by atoms with van der Waals surface area (Å²) < 4.78 is 18.8. The van der Waals surface area contributed by atoms with Gasteiger partial charge in [-0.1, -0.05) is 18.6 Å². The van der Waals surface area contributed by atoms with E-state index in [4.69, 9.17) is 4.74 Å². The summed E-state index contributed by atoms with van der Waals surface area (Å²) in [6.45, 7) is 2.81. The van der Waals surface area contributed by atoms with Gasteiger partial charge in [-0.2, -0.15) is 0 Å². The molecule has 0 aliphatic heterocycles. The molecule has 2 rings (SSSR count). The zero-order chi connectivity index (χ0) is 11.4. The van der Waals surface area contributed by atoms with Gasteiger partial charge in [-0.05, 0) is 49.8 Å². The number of rotatable bonds is 3. The third-order valence-electron chi connectivity index (χ3n) is 3.35. The van der Waals surface area contributed by atoms with Gasteiger partial charge in [0.15, 0.2) is 0 Å². The molecule has 88 valence electrons. The van der Waals surface area contributed by atoms with Gasteiger partial charge in [0.05, 0.1) is 6.10 Å². The molecule has 1 saturated carbocycles. The summed E-state index contributed by atoms with van der Waals surface area (Å²) >= 11 is 0. The van der Waals surface area contributed by atoms with Gasteiger partial charge in [0.1, 0.15) is 5.82 Å². The molecular weight excluding hydrogens is 203 g/mol. The average Bonchev–Trinajstić information content (AvgIpc) is 2.30. The lowest BCUT2D eigenvalue weighted by atomic mass is 9.82. The van der Waals surface area contributed by atoms with Crippen LogP contribution >= 0.6 is 0 Å². The average molecular weight is 222 g/mol. The summed E-state index contributed by atoms with van der Waals surface area (Å²) in [5.41, 5.74) is 1.13. The highest BCUT2D eigenvalue weighted by atomic mass is 19.1. The van der Waals surface area contributed by atoms with Gasteiger partial charge in [0.25, 0.3) is 0 Å². The van der Waals surface area contributed by atoms with Crippen LogP contribution in [0.15, 0.2) is 24.3 Å². The molecule has 1 aliphatic carbocycles. The Morgan fingerprint density at radius 1 is 1.38 bits per heavy atom. The molecule has 16 heavy (non-hydrogen) atoms. The maximum absolute atomic E-state index is 13.1. The highest BCUT2D eigenvalue weighted by molar-refractivity contribution is 5.21. The third kappa shape index (κ3) is 2.82. The minimum atomic E-state index is -0.129. The van der Waals surface area contributed by atoms with Gasteiger partial charge >= 0.3 is 0 Å². The van der Waals surface area contributed by atoms with E-state index in [1.54, 1.807) is 12.1 Å². The van der Waals surface area contributed by atoms with Crippen molar-refractivity contribution in [2.45, 2.75) is 44.6 Å². The highest BCUT2D eigenvalue weighted by Crippen LogP contribution is 2.34. The van der Waals surface area contributed by atoms with E-state index in [-0.39, 0.29) is 5.82 Å². The van der Waals surface area contributed by atoms with E-state index in [1.807, 2.05) is 13.0 Å². The quantitative estimate of drug-likeness (QED) is 0.754. The molecule has 0 aromatic heterocycles. The van der Waals surface area contributed by atoms with Crippen LogP contribution in [0.5, 0.6) is 0 Å². The van der Waals surface area contributed by atoms with Crippen molar-refractivity contribution >= 4 is 0 Å². The zero-order valence-electron chi connectivity index (χ0n) is 9.79. The molecule has 0 bridgehead atoms. The van der Waals surface area contributed by atoms with E-state index in [0.29, 0.717) is 12.0 Å². The first-order valence-electron chi connectivity index (χ1n) is 6.16. The summed E-state index contributed by atoms with van der Waals surface area (Å²) in [7, 11) is 0. The Kier molecular flexibility index (Phi) is 3.94. The van der Waals surface area contributed by atoms with Gasteiger partial charge in [0.2, 0.25) is 0 Å². The Labute approximate surface area is 96.6 Å². The predicted molar refractivity (Wildman–Crippen MR) is 63.0 cm³/mol. The van der Waals surface area contributed by atoms with Crippen molar-refractivity contribution < 1.29 is 9.13 Å². The molecule has 0 heterocycles. The fourth-order valence-electron chi connectivity index (χ4n) is 2.60. The molecule has 0 amide bonds. The summed E-state index contributed by atoms with van der Waals surface area (Å²) in [5, 5.41) is 0. The fourth-order valence-corrected chi connectivity index (χ4v) is 2.60. The number of hydrogen-bond acceptors (Lipinski definition) is 1. The molecule has 0 radical (unpaired) electrons. The van der Waals surface area contributed by atoms with Crippen LogP contribution in [-0.4, -0.2) is 12.7 Å². The van der Waals surface area contributed by atoms with Crippen molar-refractivity contribution in [2.75, 3.05) is 6.61 Å². The normalized spacial score (nSPS) is 25.6. The lowest BCUT2D eigenvalue weighted by Gasteiger charge is -2.29. The molecular formula is C14H19FO. The van der Waals surface area contributed by atoms with Crippen LogP contribution in [-0.2, 0) is 4.74 Å². The van der Waals surface area contributed by atoms with E-state index in [1.165, 1.54) is 12.5 Å². The monoisotopic (exact) mass is 222 g/mol. The number of benzene rings is 1. The first-order chi connectivity index (χ1) is 7.79. The van der Waals surface area contributed by atoms with Crippen molar-refractivity contribution in [2.24, 2.45) is 0 Å². The topological polar surface area (TPSA) is 9.23 Å². The second-order valence-corrected chi connectivity index (χ2v) is 4.50. The smallest absolute Gasteiger partial charge is 0.123 e. The molecule has 1 aromatic rings. The van der Waals surface area contributed by atoms with E-state index in [2.05, 4.69) is 0 Å². The van der Waals surface area contributed by atoms with Crippen molar-refractivity contribution in [1.82, 2.24) is 0 Å². The van der Waals surface area contributed by atoms with Crippen molar-refractivity contribution in [1.29, 1.82) is 0 Å². The van der Waals surface area contributed by atoms with Crippen molar-refractivity contribution in [3.05, 3.63) is 35.6 Å². The van der Waals surface area contributed by atoms with Gasteiger partial charge in [0, 0.05) is 6.61 Å². The van der Waals surface area contributed by atoms with E-state index >= 15 is 0 Å². The first kappa shape index (κ1) is 11.6. The molecule has 1 nitrogen and oxygen atoms in total. The minimum Gasteiger partial charge on any atom is -0.378 e. The summed E-state index contributed by atoms with van der Waals surface area (Å²) in [5.74, 6) is 0.344. The number of ether oxygens (including phenoxy) is 1. The lowest BCUT2D eigenvalue weighted by molar-refractivity contribution is 0.0308. The molecule has 0 saturated heterocycles. The molecule has 1 aliphatic rings. The second-order valence-electron chi connectivity index (χ2n) is 4.50. The summed E-state index contributed by atoms with van der Waals surface area (Å²) in [6, 6.07) is 7.00. The van der Waals surface area contributed by atoms with Crippen LogP contribution in [0.1, 0.15) is 44.1 Å². The van der Waals surface area contributed by atoms with Gasteiger partial charge in [-0.3, -0.25) is 0 Å². The lowest BCUT2D eigenvalue weighted by Crippen LogP contribution is -2.21. The Morgan fingerprint density at radius 3 is 3.00 bits per heavy atom. The zero-order valence-corrected chi connectivity index (χ0v) is 9.79. The Hall–Kier alpha value is -0.890. The van der Waals surface area contributed by atoms with Crippen LogP contribution in [0, 0.1) is 5.82 Å².